The van der Waals surface area contributed by atoms with Crippen LogP contribution in [0, 0.1) is 5.82 Å². The molecule has 1 heterocycles. The van der Waals surface area contributed by atoms with E-state index in [0.29, 0.717) is 28.7 Å². The summed E-state index contributed by atoms with van der Waals surface area (Å²) in [5, 5.41) is 4.54. The highest BCUT2D eigenvalue weighted by atomic mass is 19.1. The number of hydrogen-bond acceptors (Lipinski definition) is 3. The van der Waals surface area contributed by atoms with Crippen LogP contribution in [0.2, 0.25) is 0 Å². The molecule has 21 heavy (non-hydrogen) atoms. The Balaban J connectivity index is 2.01. The zero-order chi connectivity index (χ0) is 14.8. The summed E-state index contributed by atoms with van der Waals surface area (Å²) < 4.78 is 21.3. The van der Waals surface area contributed by atoms with Crippen molar-refractivity contribution in [2.75, 3.05) is 12.8 Å². The minimum atomic E-state index is -0.366. The molecule has 1 saturated carbocycles. The maximum Gasteiger partial charge on any atom is 0.136 e. The highest BCUT2D eigenvalue weighted by molar-refractivity contribution is 5.77. The van der Waals surface area contributed by atoms with E-state index >= 15 is 0 Å². The van der Waals surface area contributed by atoms with Crippen LogP contribution in [0.1, 0.15) is 38.1 Å². The molecule has 1 aliphatic carbocycles. The van der Waals surface area contributed by atoms with Gasteiger partial charge in [-0.3, -0.25) is 4.68 Å². The van der Waals surface area contributed by atoms with E-state index in [0.717, 1.165) is 12.8 Å². The van der Waals surface area contributed by atoms with Gasteiger partial charge in [-0.05, 0) is 25.0 Å². The minimum Gasteiger partial charge on any atom is -0.496 e. The molecule has 0 saturated heterocycles. The van der Waals surface area contributed by atoms with Gasteiger partial charge in [0.2, 0.25) is 0 Å². The fourth-order valence-electron chi connectivity index (χ4n) is 3.04. The zero-order valence-corrected chi connectivity index (χ0v) is 12.2. The van der Waals surface area contributed by atoms with Crippen LogP contribution in [-0.4, -0.2) is 16.9 Å². The van der Waals surface area contributed by atoms with Crippen molar-refractivity contribution in [3.63, 3.8) is 0 Å². The second-order valence-corrected chi connectivity index (χ2v) is 5.52. The van der Waals surface area contributed by atoms with Gasteiger partial charge < -0.3 is 10.5 Å². The molecular formula is C16H20FN3O. The van der Waals surface area contributed by atoms with E-state index in [-0.39, 0.29) is 5.82 Å². The number of anilines is 1. The average Bonchev–Trinajstić information content (AvgIpc) is 2.89. The molecule has 2 aromatic rings. The number of aromatic nitrogens is 2. The van der Waals surface area contributed by atoms with Crippen molar-refractivity contribution >= 4 is 5.69 Å². The Hall–Kier alpha value is -2.04. The maximum atomic E-state index is 14.2. The number of methoxy groups -OCH3 is 1. The van der Waals surface area contributed by atoms with Gasteiger partial charge >= 0.3 is 0 Å². The third-order valence-corrected chi connectivity index (χ3v) is 4.14. The molecule has 1 fully saturated rings. The molecule has 0 aliphatic heterocycles. The minimum absolute atomic E-state index is 0.340. The normalized spacial score (nSPS) is 16.1. The fourth-order valence-corrected chi connectivity index (χ4v) is 3.04. The van der Waals surface area contributed by atoms with Crippen molar-refractivity contribution in [2.24, 2.45) is 0 Å². The summed E-state index contributed by atoms with van der Waals surface area (Å²) >= 11 is 0. The Morgan fingerprint density at radius 1 is 1.29 bits per heavy atom. The van der Waals surface area contributed by atoms with Gasteiger partial charge in [-0.15, -0.1) is 0 Å². The number of nitrogen functional groups attached to an aromatic ring is 1. The van der Waals surface area contributed by atoms with Gasteiger partial charge in [0.1, 0.15) is 17.3 Å². The van der Waals surface area contributed by atoms with Gasteiger partial charge in [-0.2, -0.15) is 5.10 Å². The molecule has 112 valence electrons. The summed E-state index contributed by atoms with van der Waals surface area (Å²) in [5.74, 6) is 0.0885. The van der Waals surface area contributed by atoms with Crippen molar-refractivity contribution in [1.29, 1.82) is 0 Å². The number of nitrogens with zero attached hydrogens (tertiary/aromatic N) is 2. The molecule has 1 aromatic carbocycles. The Labute approximate surface area is 123 Å². The topological polar surface area (TPSA) is 53.1 Å². The summed E-state index contributed by atoms with van der Waals surface area (Å²) in [6.45, 7) is 0. The van der Waals surface area contributed by atoms with E-state index in [1.165, 1.54) is 32.4 Å². The molecule has 5 heteroatoms. The maximum absolute atomic E-state index is 14.2. The van der Waals surface area contributed by atoms with E-state index in [2.05, 4.69) is 5.10 Å². The number of nitrogens with two attached hydrogens (primary N) is 1. The highest BCUT2D eigenvalue weighted by Gasteiger charge is 2.21. The summed E-state index contributed by atoms with van der Waals surface area (Å²) in [6, 6.07) is 5.10. The molecule has 0 bridgehead atoms. The molecule has 2 N–H and O–H groups in total. The van der Waals surface area contributed by atoms with E-state index in [1.54, 1.807) is 12.1 Å². The molecule has 0 amide bonds. The first-order valence-corrected chi connectivity index (χ1v) is 7.38. The molecular weight excluding hydrogens is 269 g/mol. The lowest BCUT2D eigenvalue weighted by molar-refractivity contribution is 0.330. The lowest BCUT2D eigenvalue weighted by Gasteiger charge is -2.21. The van der Waals surface area contributed by atoms with Crippen LogP contribution in [0.15, 0.2) is 24.4 Å². The lowest BCUT2D eigenvalue weighted by Crippen LogP contribution is -2.13. The van der Waals surface area contributed by atoms with Crippen LogP contribution < -0.4 is 10.5 Å². The molecule has 0 spiro atoms. The van der Waals surface area contributed by atoms with Crippen LogP contribution >= 0.6 is 0 Å². The van der Waals surface area contributed by atoms with Crippen LogP contribution in [0.5, 0.6) is 5.75 Å². The summed E-state index contributed by atoms with van der Waals surface area (Å²) in [7, 11) is 1.52. The van der Waals surface area contributed by atoms with Gasteiger partial charge in [0.25, 0.3) is 0 Å². The highest BCUT2D eigenvalue weighted by Crippen LogP contribution is 2.36. The first-order chi connectivity index (χ1) is 10.2. The van der Waals surface area contributed by atoms with Crippen molar-refractivity contribution < 1.29 is 9.13 Å². The van der Waals surface area contributed by atoms with Gasteiger partial charge in [0.05, 0.1) is 24.4 Å². The predicted octanol–water partition coefficient (Wildman–Crippen LogP) is 3.79. The molecule has 3 rings (SSSR count). The number of benzene rings is 1. The van der Waals surface area contributed by atoms with Crippen molar-refractivity contribution in [1.82, 2.24) is 9.78 Å². The molecule has 0 atom stereocenters. The average molecular weight is 289 g/mol. The number of rotatable bonds is 3. The summed E-state index contributed by atoms with van der Waals surface area (Å²) in [5.41, 5.74) is 7.36. The first kappa shape index (κ1) is 13.9. The van der Waals surface area contributed by atoms with Crippen LogP contribution in [0.3, 0.4) is 0 Å². The third-order valence-electron chi connectivity index (χ3n) is 4.14. The summed E-state index contributed by atoms with van der Waals surface area (Å²) in [4.78, 5) is 0. The monoisotopic (exact) mass is 289 g/mol. The second-order valence-electron chi connectivity index (χ2n) is 5.52. The van der Waals surface area contributed by atoms with Crippen molar-refractivity contribution in [2.45, 2.75) is 38.1 Å². The fraction of sp³-hybridized carbons (Fsp3) is 0.438. The smallest absolute Gasteiger partial charge is 0.136 e. The van der Waals surface area contributed by atoms with Gasteiger partial charge in [-0.1, -0.05) is 25.3 Å². The molecule has 0 unspecified atom stereocenters. The summed E-state index contributed by atoms with van der Waals surface area (Å²) in [6.07, 6.45) is 7.73. The molecule has 1 aliphatic rings. The Bertz CT molecular complexity index is 632. The number of hydrogen-bond donors (Lipinski definition) is 1. The van der Waals surface area contributed by atoms with Crippen LogP contribution in [0.25, 0.3) is 11.3 Å². The van der Waals surface area contributed by atoms with Gasteiger partial charge in [0.15, 0.2) is 0 Å². The van der Waals surface area contributed by atoms with Crippen molar-refractivity contribution in [3.8, 4) is 17.0 Å². The number of ether oxygens (including phenoxy) is 1. The molecule has 4 nitrogen and oxygen atoms in total. The largest absolute Gasteiger partial charge is 0.496 e. The van der Waals surface area contributed by atoms with E-state index in [4.69, 9.17) is 10.5 Å². The lowest BCUT2D eigenvalue weighted by atomic mass is 9.96. The molecule has 0 radical (unpaired) electrons. The van der Waals surface area contributed by atoms with Crippen LogP contribution in [-0.2, 0) is 0 Å². The Morgan fingerprint density at radius 2 is 2.05 bits per heavy atom. The second kappa shape index (κ2) is 5.76. The Kier molecular flexibility index (Phi) is 3.82. The quantitative estimate of drug-likeness (QED) is 0.935. The van der Waals surface area contributed by atoms with E-state index in [9.17, 15) is 4.39 Å². The zero-order valence-electron chi connectivity index (χ0n) is 12.2. The Morgan fingerprint density at radius 3 is 2.76 bits per heavy atom. The number of halogens is 1. The van der Waals surface area contributed by atoms with Crippen LogP contribution in [0.4, 0.5) is 10.1 Å². The third kappa shape index (κ3) is 2.60. The van der Waals surface area contributed by atoms with E-state index < -0.39 is 0 Å². The SMILES string of the molecule is COc1cccc(F)c1-c1nn(C2CCCCC2)cc1N. The first-order valence-electron chi connectivity index (χ1n) is 7.38. The van der Waals surface area contributed by atoms with E-state index in [1.807, 2.05) is 10.9 Å². The van der Waals surface area contributed by atoms with Gasteiger partial charge in [0, 0.05) is 6.20 Å². The molecule has 1 aromatic heterocycles. The standard InChI is InChI=1S/C16H20FN3O/c1-21-14-9-5-8-12(17)15(14)16-13(18)10-20(19-16)11-6-3-2-4-7-11/h5,8-11H,2-4,6-7,18H2,1H3. The van der Waals surface area contributed by atoms with Gasteiger partial charge in [-0.25, -0.2) is 4.39 Å². The van der Waals surface area contributed by atoms with Crippen molar-refractivity contribution in [3.05, 3.63) is 30.2 Å². The predicted molar refractivity (Wildman–Crippen MR) is 80.7 cm³/mol.